The van der Waals surface area contributed by atoms with Gasteiger partial charge in [0.25, 0.3) is 11.8 Å². The van der Waals surface area contributed by atoms with E-state index in [-0.39, 0.29) is 11.8 Å². The number of benzene rings is 3. The molecule has 1 aliphatic rings. The van der Waals surface area contributed by atoms with Gasteiger partial charge in [0.2, 0.25) is 11.7 Å². The number of nitrogens with one attached hydrogen (secondary N) is 1. The Kier molecular flexibility index (Phi) is 6.37. The lowest BCUT2D eigenvalue weighted by atomic mass is 10.1. The largest absolute Gasteiger partial charge is 0.341 e. The van der Waals surface area contributed by atoms with Crippen molar-refractivity contribution in [3.8, 4) is 11.4 Å². The molecule has 0 radical (unpaired) electrons. The minimum absolute atomic E-state index is 0.00581. The van der Waals surface area contributed by atoms with Crippen LogP contribution in [0.1, 0.15) is 52.9 Å². The van der Waals surface area contributed by atoms with Gasteiger partial charge in [-0.3, -0.25) is 9.59 Å². The molecule has 0 fully saturated rings. The first-order valence-corrected chi connectivity index (χ1v) is 12.3. The van der Waals surface area contributed by atoms with Gasteiger partial charge in [-0.1, -0.05) is 54.2 Å². The maximum atomic E-state index is 13.3. The molecule has 176 valence electrons. The normalized spacial score (nSPS) is 13.5. The number of anilines is 1. The second-order valence-electron chi connectivity index (χ2n) is 8.25. The summed E-state index contributed by atoms with van der Waals surface area (Å²) in [5.41, 5.74) is 2.91. The van der Waals surface area contributed by atoms with E-state index in [1.807, 2.05) is 65.6 Å². The van der Waals surface area contributed by atoms with E-state index in [0.717, 1.165) is 27.5 Å². The Morgan fingerprint density at radius 3 is 2.63 bits per heavy atom. The molecule has 0 saturated carbocycles. The number of fused-ring (bicyclic) bond motifs is 2. The van der Waals surface area contributed by atoms with Gasteiger partial charge in [0.15, 0.2) is 0 Å². The fourth-order valence-corrected chi connectivity index (χ4v) is 5.09. The Bertz CT molecular complexity index is 1390. The van der Waals surface area contributed by atoms with Crippen LogP contribution >= 0.6 is 11.8 Å². The van der Waals surface area contributed by atoms with E-state index in [1.54, 1.807) is 30.8 Å². The quantitative estimate of drug-likeness (QED) is 0.375. The first kappa shape index (κ1) is 22.9. The predicted octanol–water partition coefficient (Wildman–Crippen LogP) is 5.75. The van der Waals surface area contributed by atoms with Gasteiger partial charge in [-0.2, -0.15) is 4.98 Å². The van der Waals surface area contributed by atoms with Crippen molar-refractivity contribution >= 4 is 29.3 Å². The number of amides is 2. The highest BCUT2D eigenvalue weighted by Gasteiger charge is 2.27. The van der Waals surface area contributed by atoms with Gasteiger partial charge < -0.3 is 14.7 Å². The van der Waals surface area contributed by atoms with Crippen molar-refractivity contribution in [1.29, 1.82) is 0 Å². The summed E-state index contributed by atoms with van der Waals surface area (Å²) in [6.45, 7) is 4.49. The van der Waals surface area contributed by atoms with E-state index in [1.165, 1.54) is 0 Å². The van der Waals surface area contributed by atoms with Crippen LogP contribution in [0, 0.1) is 0 Å². The monoisotopic (exact) mass is 484 g/mol. The van der Waals surface area contributed by atoms with Gasteiger partial charge in [0.05, 0.1) is 11.3 Å². The fraction of sp³-hybridized carbons (Fsp3) is 0.185. The fourth-order valence-electron chi connectivity index (χ4n) is 3.97. The smallest absolute Gasteiger partial charge is 0.259 e. The van der Waals surface area contributed by atoms with Crippen LogP contribution in [0.4, 0.5) is 5.69 Å². The van der Waals surface area contributed by atoms with Gasteiger partial charge in [-0.25, -0.2) is 0 Å². The molecular formula is C27H24N4O3S. The number of rotatable bonds is 6. The van der Waals surface area contributed by atoms with Crippen molar-refractivity contribution in [2.24, 2.45) is 0 Å². The van der Waals surface area contributed by atoms with Crippen LogP contribution in [0.15, 0.2) is 87.1 Å². The maximum Gasteiger partial charge on any atom is 0.259 e. The molecule has 4 aromatic rings. The topological polar surface area (TPSA) is 88.3 Å². The average molecular weight is 485 g/mol. The summed E-state index contributed by atoms with van der Waals surface area (Å²) in [7, 11) is 0. The molecule has 8 heteroatoms. The van der Waals surface area contributed by atoms with E-state index >= 15 is 0 Å². The zero-order chi connectivity index (χ0) is 24.4. The van der Waals surface area contributed by atoms with Crippen LogP contribution in [0.5, 0.6) is 0 Å². The Balaban J connectivity index is 1.42. The van der Waals surface area contributed by atoms with Crippen molar-refractivity contribution < 1.29 is 14.1 Å². The summed E-state index contributed by atoms with van der Waals surface area (Å²) in [5.74, 6) is 0.542. The number of carbonyl (C=O) groups excluding carboxylic acids is 2. The van der Waals surface area contributed by atoms with E-state index in [0.29, 0.717) is 29.4 Å². The lowest BCUT2D eigenvalue weighted by molar-refractivity contribution is 0.0931. The number of aromatic nitrogens is 2. The van der Waals surface area contributed by atoms with Crippen LogP contribution in [0.3, 0.4) is 0 Å². The molecule has 1 aromatic heterocycles. The first-order valence-electron chi connectivity index (χ1n) is 11.5. The van der Waals surface area contributed by atoms with Gasteiger partial charge in [-0.15, -0.1) is 0 Å². The molecule has 1 N–H and O–H groups in total. The zero-order valence-corrected chi connectivity index (χ0v) is 20.2. The molecule has 5 rings (SSSR count). The second-order valence-corrected chi connectivity index (χ2v) is 9.34. The third-order valence-corrected chi connectivity index (χ3v) is 6.86. The summed E-state index contributed by atoms with van der Waals surface area (Å²) >= 11 is 1.56. The Morgan fingerprint density at radius 2 is 1.83 bits per heavy atom. The van der Waals surface area contributed by atoms with Gasteiger partial charge >= 0.3 is 0 Å². The molecule has 0 bridgehead atoms. The standard InChI is InChI=1S/C27H24N4O3S/c1-3-15-31-21-14-13-19(16-23(21)35-22-12-8-7-11-20(22)27(31)33)24-29-26(34-30-24)17(2)28-25(32)18-9-5-4-6-10-18/h4-14,16-17H,3,15H2,1-2H3,(H,28,32)/t17-/m1/s1. The van der Waals surface area contributed by atoms with Crippen LogP contribution in [-0.4, -0.2) is 28.5 Å². The minimum Gasteiger partial charge on any atom is -0.341 e. The van der Waals surface area contributed by atoms with Crippen molar-refractivity contribution in [2.75, 3.05) is 11.4 Å². The van der Waals surface area contributed by atoms with Crippen molar-refractivity contribution in [3.63, 3.8) is 0 Å². The Labute approximate surface area is 207 Å². The number of nitrogens with zero attached hydrogens (tertiary/aromatic N) is 3. The number of hydrogen-bond donors (Lipinski definition) is 1. The van der Waals surface area contributed by atoms with Crippen LogP contribution in [0.25, 0.3) is 11.4 Å². The van der Waals surface area contributed by atoms with Crippen molar-refractivity contribution in [2.45, 2.75) is 36.1 Å². The summed E-state index contributed by atoms with van der Waals surface area (Å²) in [4.78, 5) is 34.0. The molecule has 1 atom stereocenters. The Morgan fingerprint density at radius 1 is 1.06 bits per heavy atom. The van der Waals surface area contributed by atoms with Crippen LogP contribution in [-0.2, 0) is 0 Å². The molecule has 1 aliphatic heterocycles. The molecule has 0 aliphatic carbocycles. The summed E-state index contributed by atoms with van der Waals surface area (Å²) < 4.78 is 5.47. The summed E-state index contributed by atoms with van der Waals surface area (Å²) in [5, 5.41) is 7.03. The number of hydrogen-bond acceptors (Lipinski definition) is 6. The highest BCUT2D eigenvalue weighted by Crippen LogP contribution is 2.42. The SMILES string of the molecule is CCCN1C(=O)c2ccccc2Sc2cc(-c3noc([C@@H](C)NC(=O)c4ccccc4)n3)ccc21. The highest BCUT2D eigenvalue weighted by atomic mass is 32.2. The van der Waals surface area contributed by atoms with Crippen molar-refractivity contribution in [1.82, 2.24) is 15.5 Å². The zero-order valence-electron chi connectivity index (χ0n) is 19.4. The third-order valence-electron chi connectivity index (χ3n) is 5.73. The van der Waals surface area contributed by atoms with E-state index in [4.69, 9.17) is 4.52 Å². The molecular weight excluding hydrogens is 460 g/mol. The second kappa shape index (κ2) is 9.76. The third kappa shape index (κ3) is 4.57. The summed E-state index contributed by atoms with van der Waals surface area (Å²) in [6, 6.07) is 22.0. The lowest BCUT2D eigenvalue weighted by Gasteiger charge is -2.22. The molecule has 3 aromatic carbocycles. The summed E-state index contributed by atoms with van der Waals surface area (Å²) in [6.07, 6.45) is 0.848. The van der Waals surface area contributed by atoms with E-state index in [9.17, 15) is 9.59 Å². The minimum atomic E-state index is -0.455. The molecule has 7 nitrogen and oxygen atoms in total. The predicted molar refractivity (Wildman–Crippen MR) is 135 cm³/mol. The van der Waals surface area contributed by atoms with Crippen LogP contribution < -0.4 is 10.2 Å². The highest BCUT2D eigenvalue weighted by molar-refractivity contribution is 7.99. The average Bonchev–Trinajstić information content (AvgIpc) is 3.35. The molecule has 35 heavy (non-hydrogen) atoms. The van der Waals surface area contributed by atoms with Crippen LogP contribution in [0.2, 0.25) is 0 Å². The van der Waals surface area contributed by atoms with Crippen molar-refractivity contribution in [3.05, 3.63) is 89.8 Å². The lowest BCUT2D eigenvalue weighted by Crippen LogP contribution is -2.31. The molecule has 2 amide bonds. The molecule has 2 heterocycles. The van der Waals surface area contributed by atoms with Gasteiger partial charge in [-0.05, 0) is 55.8 Å². The van der Waals surface area contributed by atoms with Gasteiger partial charge in [0.1, 0.15) is 6.04 Å². The molecule has 0 saturated heterocycles. The molecule has 0 unspecified atom stereocenters. The number of carbonyl (C=O) groups is 2. The van der Waals surface area contributed by atoms with Gasteiger partial charge in [0, 0.05) is 27.5 Å². The molecule has 0 spiro atoms. The Hall–Kier alpha value is -3.91. The maximum absolute atomic E-state index is 13.3. The van der Waals surface area contributed by atoms with E-state index < -0.39 is 6.04 Å². The first-order chi connectivity index (χ1) is 17.0. The van der Waals surface area contributed by atoms with E-state index in [2.05, 4.69) is 22.4 Å².